The molecule has 2 saturated heterocycles. The van der Waals surface area contributed by atoms with E-state index in [0.717, 1.165) is 11.1 Å². The Morgan fingerprint density at radius 3 is 1.46 bits per heavy atom. The summed E-state index contributed by atoms with van der Waals surface area (Å²) in [4.78, 5) is 29.0. The van der Waals surface area contributed by atoms with Crippen LogP contribution in [0, 0.1) is 0 Å². The van der Waals surface area contributed by atoms with Crippen LogP contribution in [0.2, 0.25) is 0 Å². The van der Waals surface area contributed by atoms with Crippen molar-refractivity contribution in [3.05, 3.63) is 70.5 Å². The first kappa shape index (κ1) is 20.7. The molecule has 8 heteroatoms. The van der Waals surface area contributed by atoms with Gasteiger partial charge < -0.3 is 0 Å². The molecule has 2 amide bonds. The SMILES string of the molecule is C=CCN1C(=O)/C(=C\c2ccc(/C=C3/SC(=S)N(CC=C)C3=O)cc2)SC1=S. The Bertz CT molecular complexity index is 870. The molecule has 0 N–H and O–H groups in total. The summed E-state index contributed by atoms with van der Waals surface area (Å²) in [5.74, 6) is -0.213. The second-order valence-electron chi connectivity index (χ2n) is 5.83. The molecule has 1 aromatic carbocycles. The average molecular weight is 445 g/mol. The van der Waals surface area contributed by atoms with Crippen molar-refractivity contribution >= 4 is 80.6 Å². The van der Waals surface area contributed by atoms with Crippen LogP contribution in [0.3, 0.4) is 0 Å². The van der Waals surface area contributed by atoms with Crippen molar-refractivity contribution in [2.45, 2.75) is 0 Å². The first-order chi connectivity index (χ1) is 13.4. The van der Waals surface area contributed by atoms with Gasteiger partial charge in [0, 0.05) is 13.1 Å². The van der Waals surface area contributed by atoms with Crippen LogP contribution < -0.4 is 0 Å². The van der Waals surface area contributed by atoms with Gasteiger partial charge in [-0.3, -0.25) is 19.4 Å². The molecule has 0 spiro atoms. The van der Waals surface area contributed by atoms with Crippen molar-refractivity contribution < 1.29 is 9.59 Å². The summed E-state index contributed by atoms with van der Waals surface area (Å²) >= 11 is 13.1. The molecule has 0 aliphatic carbocycles. The van der Waals surface area contributed by atoms with Crippen LogP contribution in [0.5, 0.6) is 0 Å². The number of rotatable bonds is 6. The molecule has 2 heterocycles. The molecule has 2 aliphatic rings. The van der Waals surface area contributed by atoms with Crippen LogP contribution in [-0.2, 0) is 9.59 Å². The van der Waals surface area contributed by atoms with Gasteiger partial charge in [0.1, 0.15) is 8.64 Å². The predicted molar refractivity (Wildman–Crippen MR) is 127 cm³/mol. The lowest BCUT2D eigenvalue weighted by Gasteiger charge is -2.10. The Balaban J connectivity index is 1.76. The van der Waals surface area contributed by atoms with Crippen molar-refractivity contribution in [2.24, 2.45) is 0 Å². The third-order valence-electron chi connectivity index (χ3n) is 3.90. The van der Waals surface area contributed by atoms with E-state index >= 15 is 0 Å². The van der Waals surface area contributed by atoms with E-state index in [1.54, 1.807) is 12.2 Å². The number of nitrogens with zero attached hydrogens (tertiary/aromatic N) is 2. The Labute approximate surface area is 183 Å². The second-order valence-corrected chi connectivity index (χ2v) is 9.18. The minimum atomic E-state index is -0.107. The highest BCUT2D eigenvalue weighted by atomic mass is 32.2. The summed E-state index contributed by atoms with van der Waals surface area (Å²) in [6.07, 6.45) is 6.94. The highest BCUT2D eigenvalue weighted by Gasteiger charge is 2.31. The maximum Gasteiger partial charge on any atom is 0.266 e. The minimum absolute atomic E-state index is 0.107. The summed E-state index contributed by atoms with van der Waals surface area (Å²) in [6, 6.07) is 7.60. The van der Waals surface area contributed by atoms with Gasteiger partial charge in [-0.05, 0) is 23.3 Å². The van der Waals surface area contributed by atoms with E-state index in [1.807, 2.05) is 36.4 Å². The Kier molecular flexibility index (Phi) is 6.66. The first-order valence-corrected chi connectivity index (χ1v) is 10.7. The molecular formula is C20H16N2O2S4. The van der Waals surface area contributed by atoms with E-state index in [2.05, 4.69) is 13.2 Å². The lowest BCUT2D eigenvalue weighted by atomic mass is 10.1. The molecule has 0 unspecified atom stereocenters. The molecule has 0 radical (unpaired) electrons. The number of carbonyl (C=O) groups is 2. The third kappa shape index (κ3) is 4.35. The Morgan fingerprint density at radius 1 is 0.786 bits per heavy atom. The molecule has 142 valence electrons. The number of amides is 2. The van der Waals surface area contributed by atoms with Crippen LogP contribution in [0.15, 0.2) is 59.4 Å². The van der Waals surface area contributed by atoms with Crippen molar-refractivity contribution in [2.75, 3.05) is 13.1 Å². The van der Waals surface area contributed by atoms with Crippen molar-refractivity contribution in [1.29, 1.82) is 0 Å². The van der Waals surface area contributed by atoms with Gasteiger partial charge in [0.05, 0.1) is 9.81 Å². The molecule has 2 fully saturated rings. The average Bonchev–Trinajstić information content (AvgIpc) is 3.08. The fraction of sp³-hybridized carbons (Fsp3) is 0.100. The lowest BCUT2D eigenvalue weighted by molar-refractivity contribution is -0.122. The second kappa shape index (κ2) is 9.00. The van der Waals surface area contributed by atoms with Crippen LogP contribution in [0.25, 0.3) is 12.2 Å². The van der Waals surface area contributed by atoms with E-state index in [-0.39, 0.29) is 11.8 Å². The number of hydrogen-bond acceptors (Lipinski definition) is 6. The summed E-state index contributed by atoms with van der Waals surface area (Å²) in [5, 5.41) is 0. The first-order valence-electron chi connectivity index (χ1n) is 8.27. The number of carbonyl (C=O) groups excluding carboxylic acids is 2. The monoisotopic (exact) mass is 444 g/mol. The fourth-order valence-corrected chi connectivity index (χ4v) is 5.11. The molecule has 1 aromatic rings. The van der Waals surface area contributed by atoms with Crippen molar-refractivity contribution in [3.8, 4) is 0 Å². The van der Waals surface area contributed by atoms with Gasteiger partial charge in [-0.25, -0.2) is 0 Å². The maximum atomic E-state index is 12.4. The largest absolute Gasteiger partial charge is 0.289 e. The van der Waals surface area contributed by atoms with Crippen LogP contribution in [0.1, 0.15) is 11.1 Å². The standard InChI is InChI=1S/C20H16N2O2S4/c1-3-9-21-17(23)15(27-19(21)25)11-13-5-7-14(8-6-13)12-16-18(24)22(10-4-2)20(26)28-16/h3-8,11-12H,1-2,9-10H2/b15-11+,16-12+. The van der Waals surface area contributed by atoms with Crippen LogP contribution in [-0.4, -0.2) is 43.3 Å². The number of benzene rings is 1. The zero-order chi connectivity index (χ0) is 20.3. The minimum Gasteiger partial charge on any atom is -0.289 e. The topological polar surface area (TPSA) is 40.6 Å². The van der Waals surface area contributed by atoms with Gasteiger partial charge >= 0.3 is 0 Å². The number of thioether (sulfide) groups is 2. The van der Waals surface area contributed by atoms with Gasteiger partial charge in [0.25, 0.3) is 11.8 Å². The number of hydrogen-bond donors (Lipinski definition) is 0. The van der Waals surface area contributed by atoms with Gasteiger partial charge in [-0.1, -0.05) is 84.4 Å². The van der Waals surface area contributed by atoms with Crippen LogP contribution in [0.4, 0.5) is 0 Å². The normalized spacial score (nSPS) is 20.0. The van der Waals surface area contributed by atoms with Gasteiger partial charge in [-0.15, -0.1) is 13.2 Å². The zero-order valence-electron chi connectivity index (χ0n) is 14.8. The smallest absolute Gasteiger partial charge is 0.266 e. The third-order valence-corrected chi connectivity index (χ3v) is 6.66. The Hall–Kier alpha value is -2.00. The molecule has 28 heavy (non-hydrogen) atoms. The zero-order valence-corrected chi connectivity index (χ0v) is 18.1. The highest BCUT2D eigenvalue weighted by Crippen LogP contribution is 2.34. The predicted octanol–water partition coefficient (Wildman–Crippen LogP) is 4.46. The quantitative estimate of drug-likeness (QED) is 0.367. The number of thiocarbonyl (C=S) groups is 2. The van der Waals surface area contributed by atoms with Crippen LogP contribution >= 0.6 is 48.0 Å². The lowest BCUT2D eigenvalue weighted by Crippen LogP contribution is -2.27. The van der Waals surface area contributed by atoms with E-state index in [1.165, 1.54) is 33.3 Å². The van der Waals surface area contributed by atoms with E-state index < -0.39 is 0 Å². The molecule has 3 rings (SSSR count). The van der Waals surface area contributed by atoms with Gasteiger partial charge in [0.2, 0.25) is 0 Å². The Morgan fingerprint density at radius 2 is 1.14 bits per heavy atom. The molecule has 0 atom stereocenters. The summed E-state index contributed by atoms with van der Waals surface area (Å²) in [6.45, 7) is 8.11. The van der Waals surface area contributed by atoms with E-state index in [9.17, 15) is 9.59 Å². The molecule has 4 nitrogen and oxygen atoms in total. The summed E-state index contributed by atoms with van der Waals surface area (Å²) in [5.41, 5.74) is 1.77. The molecule has 2 aliphatic heterocycles. The summed E-state index contributed by atoms with van der Waals surface area (Å²) < 4.78 is 1.07. The maximum absolute atomic E-state index is 12.4. The molecule has 0 aromatic heterocycles. The molecule has 0 saturated carbocycles. The van der Waals surface area contributed by atoms with Crippen molar-refractivity contribution in [1.82, 2.24) is 9.80 Å². The van der Waals surface area contributed by atoms with E-state index in [0.29, 0.717) is 31.5 Å². The van der Waals surface area contributed by atoms with Crippen molar-refractivity contribution in [3.63, 3.8) is 0 Å². The molecule has 0 bridgehead atoms. The highest BCUT2D eigenvalue weighted by molar-refractivity contribution is 8.27. The summed E-state index contributed by atoms with van der Waals surface area (Å²) in [7, 11) is 0. The molecular weight excluding hydrogens is 429 g/mol. The fourth-order valence-electron chi connectivity index (χ4n) is 2.56. The van der Waals surface area contributed by atoms with E-state index in [4.69, 9.17) is 24.4 Å². The van der Waals surface area contributed by atoms with Gasteiger partial charge in [-0.2, -0.15) is 0 Å². The van der Waals surface area contributed by atoms with Gasteiger partial charge in [0.15, 0.2) is 0 Å².